The van der Waals surface area contributed by atoms with Crippen LogP contribution >= 0.6 is 22.7 Å². The van der Waals surface area contributed by atoms with Crippen LogP contribution in [0.15, 0.2) is 46.8 Å². The van der Waals surface area contributed by atoms with Crippen molar-refractivity contribution in [2.24, 2.45) is 0 Å². The molecule has 9 nitrogen and oxygen atoms in total. The maximum atomic E-state index is 13.1. The van der Waals surface area contributed by atoms with Gasteiger partial charge in [0.2, 0.25) is 5.91 Å². The van der Waals surface area contributed by atoms with Gasteiger partial charge in [-0.05, 0) is 25.1 Å². The molecule has 0 fully saturated rings. The highest BCUT2D eigenvalue weighted by Gasteiger charge is 2.17. The highest BCUT2D eigenvalue weighted by atomic mass is 32.1. The van der Waals surface area contributed by atoms with Crippen LogP contribution in [0, 0.1) is 17.0 Å². The van der Waals surface area contributed by atoms with Crippen LogP contribution in [0.25, 0.3) is 20.7 Å². The molecule has 0 spiro atoms. The van der Waals surface area contributed by atoms with Gasteiger partial charge in [-0.3, -0.25) is 24.3 Å². The Labute approximate surface area is 183 Å². The molecule has 0 atom stereocenters. The van der Waals surface area contributed by atoms with Crippen LogP contribution in [-0.4, -0.2) is 27.5 Å². The number of carbonyl (C=O) groups is 1. The average molecular weight is 457 g/mol. The van der Waals surface area contributed by atoms with Crippen molar-refractivity contribution in [3.63, 3.8) is 0 Å². The summed E-state index contributed by atoms with van der Waals surface area (Å²) in [6, 6.07) is 7.82. The molecule has 1 amide bonds. The zero-order chi connectivity index (χ0) is 22.1. The first-order valence-corrected chi connectivity index (χ1v) is 10.7. The zero-order valence-electron chi connectivity index (χ0n) is 16.4. The standard InChI is InChI=1S/C20H16N4O5S2/c1-11-3-6-16(31-11)13-9-30-19-18(13)20(26)23(10-21-19)8-17(25)22-14-5-4-12(24(27)28)7-15(14)29-2/h3-7,9-10H,8H2,1-2H3,(H,22,25). The summed E-state index contributed by atoms with van der Waals surface area (Å²) >= 11 is 2.97. The normalized spacial score (nSPS) is 10.9. The second-order valence-corrected chi connectivity index (χ2v) is 8.75. The third kappa shape index (κ3) is 4.05. The lowest BCUT2D eigenvalue weighted by atomic mass is 10.2. The van der Waals surface area contributed by atoms with Gasteiger partial charge >= 0.3 is 0 Å². The van der Waals surface area contributed by atoms with Crippen molar-refractivity contribution in [1.29, 1.82) is 0 Å². The number of aromatic nitrogens is 2. The summed E-state index contributed by atoms with van der Waals surface area (Å²) in [6.45, 7) is 1.73. The third-order valence-electron chi connectivity index (χ3n) is 4.55. The highest BCUT2D eigenvalue weighted by Crippen LogP contribution is 2.35. The van der Waals surface area contributed by atoms with E-state index in [9.17, 15) is 19.7 Å². The minimum atomic E-state index is -0.553. The van der Waals surface area contributed by atoms with Crippen molar-refractivity contribution in [1.82, 2.24) is 9.55 Å². The number of rotatable bonds is 6. The zero-order valence-corrected chi connectivity index (χ0v) is 18.1. The summed E-state index contributed by atoms with van der Waals surface area (Å²) < 4.78 is 6.37. The number of aryl methyl sites for hydroxylation is 1. The van der Waals surface area contributed by atoms with E-state index in [1.165, 1.54) is 47.5 Å². The molecule has 0 aliphatic rings. The number of nitrogens with zero attached hydrogens (tertiary/aromatic N) is 3. The molecular formula is C20H16N4O5S2. The Balaban J connectivity index is 1.62. The van der Waals surface area contributed by atoms with E-state index in [4.69, 9.17) is 4.74 Å². The fourth-order valence-electron chi connectivity index (χ4n) is 3.08. The molecule has 0 bridgehead atoms. The summed E-state index contributed by atoms with van der Waals surface area (Å²) in [4.78, 5) is 43.1. The van der Waals surface area contributed by atoms with Crippen molar-refractivity contribution < 1.29 is 14.5 Å². The van der Waals surface area contributed by atoms with Gasteiger partial charge in [0.15, 0.2) is 0 Å². The maximum absolute atomic E-state index is 13.1. The van der Waals surface area contributed by atoms with E-state index in [0.29, 0.717) is 10.2 Å². The number of hydrogen-bond donors (Lipinski definition) is 1. The molecule has 0 unspecified atom stereocenters. The Bertz CT molecular complexity index is 1370. The Morgan fingerprint density at radius 1 is 1.32 bits per heavy atom. The summed E-state index contributed by atoms with van der Waals surface area (Å²) in [6.07, 6.45) is 1.34. The van der Waals surface area contributed by atoms with Crippen LogP contribution in [0.5, 0.6) is 5.75 Å². The van der Waals surface area contributed by atoms with Crippen LogP contribution in [0.2, 0.25) is 0 Å². The number of benzene rings is 1. The fraction of sp³-hybridized carbons (Fsp3) is 0.150. The number of thiophene rings is 2. The molecule has 158 valence electrons. The van der Waals surface area contributed by atoms with Gasteiger partial charge in [-0.25, -0.2) is 4.98 Å². The number of nitro groups is 1. The van der Waals surface area contributed by atoms with Gasteiger partial charge in [0, 0.05) is 26.8 Å². The van der Waals surface area contributed by atoms with Crippen molar-refractivity contribution >= 4 is 50.2 Å². The van der Waals surface area contributed by atoms with Gasteiger partial charge in [0.1, 0.15) is 17.1 Å². The van der Waals surface area contributed by atoms with Gasteiger partial charge in [-0.15, -0.1) is 22.7 Å². The number of fused-ring (bicyclic) bond motifs is 1. The molecule has 31 heavy (non-hydrogen) atoms. The largest absolute Gasteiger partial charge is 0.494 e. The fourth-order valence-corrected chi connectivity index (χ4v) is 4.94. The molecule has 4 aromatic rings. The molecule has 0 aliphatic heterocycles. The topological polar surface area (TPSA) is 116 Å². The number of hydrogen-bond acceptors (Lipinski definition) is 8. The van der Waals surface area contributed by atoms with Crippen molar-refractivity contribution in [3.8, 4) is 16.2 Å². The van der Waals surface area contributed by atoms with E-state index in [2.05, 4.69) is 10.3 Å². The van der Waals surface area contributed by atoms with E-state index in [1.807, 2.05) is 24.4 Å². The third-order valence-corrected chi connectivity index (χ3v) is 6.47. The van der Waals surface area contributed by atoms with Crippen molar-refractivity contribution in [2.75, 3.05) is 12.4 Å². The molecule has 3 aromatic heterocycles. The van der Waals surface area contributed by atoms with Crippen molar-refractivity contribution in [2.45, 2.75) is 13.5 Å². The molecule has 1 N–H and O–H groups in total. The van der Waals surface area contributed by atoms with Gasteiger partial charge in [0.05, 0.1) is 35.5 Å². The number of carbonyl (C=O) groups excluding carboxylic acids is 1. The van der Waals surface area contributed by atoms with Crippen LogP contribution in [0.4, 0.5) is 11.4 Å². The van der Waals surface area contributed by atoms with Crippen LogP contribution in [0.1, 0.15) is 4.88 Å². The van der Waals surface area contributed by atoms with Crippen LogP contribution in [0.3, 0.4) is 0 Å². The maximum Gasteiger partial charge on any atom is 0.273 e. The van der Waals surface area contributed by atoms with Gasteiger partial charge in [0.25, 0.3) is 11.2 Å². The highest BCUT2D eigenvalue weighted by molar-refractivity contribution is 7.19. The number of nitro benzene ring substituents is 1. The molecule has 4 rings (SSSR count). The number of nitrogens with one attached hydrogen (secondary N) is 1. The van der Waals surface area contributed by atoms with Gasteiger partial charge in [-0.1, -0.05) is 0 Å². The lowest BCUT2D eigenvalue weighted by molar-refractivity contribution is -0.384. The monoisotopic (exact) mass is 456 g/mol. The molecule has 0 saturated heterocycles. The average Bonchev–Trinajstić information content (AvgIpc) is 3.36. The molecule has 11 heteroatoms. The van der Waals surface area contributed by atoms with E-state index in [0.717, 1.165) is 15.3 Å². The molecule has 3 heterocycles. The first-order chi connectivity index (χ1) is 14.9. The number of amides is 1. The molecule has 0 saturated carbocycles. The lowest BCUT2D eigenvalue weighted by Crippen LogP contribution is -2.27. The Kier molecular flexibility index (Phi) is 5.53. The van der Waals surface area contributed by atoms with E-state index in [1.54, 1.807) is 11.3 Å². The predicted molar refractivity (Wildman–Crippen MR) is 120 cm³/mol. The Hall–Kier alpha value is -3.57. The van der Waals surface area contributed by atoms with Crippen molar-refractivity contribution in [3.05, 3.63) is 67.4 Å². The summed E-state index contributed by atoms with van der Waals surface area (Å²) in [7, 11) is 1.35. The van der Waals surface area contributed by atoms with E-state index in [-0.39, 0.29) is 29.2 Å². The number of methoxy groups -OCH3 is 1. The Morgan fingerprint density at radius 2 is 2.13 bits per heavy atom. The quantitative estimate of drug-likeness (QED) is 0.346. The van der Waals surface area contributed by atoms with Crippen LogP contribution in [-0.2, 0) is 11.3 Å². The second kappa shape index (κ2) is 8.28. The molecular weight excluding hydrogens is 440 g/mol. The minimum absolute atomic E-state index is 0.150. The molecule has 1 aromatic carbocycles. The number of non-ortho nitro benzene ring substituents is 1. The van der Waals surface area contributed by atoms with E-state index < -0.39 is 10.8 Å². The first-order valence-electron chi connectivity index (χ1n) is 9.03. The Morgan fingerprint density at radius 3 is 2.81 bits per heavy atom. The molecule has 0 radical (unpaired) electrons. The predicted octanol–water partition coefficient (Wildman–Crippen LogP) is 4.05. The molecule has 0 aliphatic carbocycles. The first kappa shape index (κ1) is 20.7. The van der Waals surface area contributed by atoms with Crippen LogP contribution < -0.4 is 15.6 Å². The number of anilines is 1. The SMILES string of the molecule is COc1cc([N+](=O)[O-])ccc1NC(=O)Cn1cnc2scc(-c3ccc(C)s3)c2c1=O. The summed E-state index contributed by atoms with van der Waals surface area (Å²) in [5.74, 6) is -0.337. The smallest absolute Gasteiger partial charge is 0.273 e. The second-order valence-electron chi connectivity index (χ2n) is 6.61. The lowest BCUT2D eigenvalue weighted by Gasteiger charge is -2.11. The van der Waals surface area contributed by atoms with Gasteiger partial charge < -0.3 is 10.1 Å². The summed E-state index contributed by atoms with van der Waals surface area (Å²) in [5, 5.41) is 15.9. The van der Waals surface area contributed by atoms with E-state index >= 15 is 0 Å². The summed E-state index contributed by atoms with van der Waals surface area (Å²) in [5.41, 5.74) is 0.612. The number of ether oxygens (including phenoxy) is 1. The van der Waals surface area contributed by atoms with Gasteiger partial charge in [-0.2, -0.15) is 0 Å². The minimum Gasteiger partial charge on any atom is -0.494 e.